The summed E-state index contributed by atoms with van der Waals surface area (Å²) >= 11 is 0. The average Bonchev–Trinajstić information content (AvgIpc) is 3.47. The van der Waals surface area contributed by atoms with E-state index in [2.05, 4.69) is 0 Å². The Kier molecular flexibility index (Phi) is 7.06. The van der Waals surface area contributed by atoms with Crippen molar-refractivity contribution >= 4 is 21.4 Å². The van der Waals surface area contributed by atoms with Gasteiger partial charge in [-0.05, 0) is 43.0 Å². The average molecular weight is 489 g/mol. The van der Waals surface area contributed by atoms with Gasteiger partial charge in [-0.1, -0.05) is 25.0 Å². The number of ether oxygens (including phenoxy) is 2. The van der Waals surface area contributed by atoms with E-state index in [0.29, 0.717) is 29.0 Å². The minimum atomic E-state index is -3.14. The van der Waals surface area contributed by atoms with Crippen LogP contribution in [0.1, 0.15) is 32.1 Å². The van der Waals surface area contributed by atoms with E-state index in [1.165, 1.54) is 18.2 Å². The molecule has 1 saturated carbocycles. The van der Waals surface area contributed by atoms with Crippen LogP contribution in [0, 0.1) is 10.1 Å². The molecule has 9 nitrogen and oxygen atoms in total. The van der Waals surface area contributed by atoms with Crippen LogP contribution in [0.25, 0.3) is 11.1 Å². The van der Waals surface area contributed by atoms with Crippen molar-refractivity contribution in [1.82, 2.24) is 4.90 Å². The molecule has 34 heavy (non-hydrogen) atoms. The summed E-state index contributed by atoms with van der Waals surface area (Å²) in [6, 6.07) is 10.9. The number of hydrogen-bond acceptors (Lipinski definition) is 7. The Morgan fingerprint density at radius 3 is 2.38 bits per heavy atom. The normalized spacial score (nSPS) is 19.6. The first-order valence-electron chi connectivity index (χ1n) is 11.3. The molecule has 182 valence electrons. The zero-order valence-electron chi connectivity index (χ0n) is 19.0. The molecule has 1 atom stereocenters. The number of rotatable bonds is 8. The van der Waals surface area contributed by atoms with Gasteiger partial charge in [-0.2, -0.15) is 0 Å². The van der Waals surface area contributed by atoms with Crippen molar-refractivity contribution in [1.29, 1.82) is 0 Å². The topological polar surface area (TPSA) is 116 Å². The lowest BCUT2D eigenvalue weighted by atomic mass is 10.0. The van der Waals surface area contributed by atoms with Crippen LogP contribution in [0.5, 0.6) is 11.5 Å². The molecule has 2 fully saturated rings. The van der Waals surface area contributed by atoms with E-state index in [1.807, 2.05) is 0 Å². The summed E-state index contributed by atoms with van der Waals surface area (Å²) < 4.78 is 35.2. The highest BCUT2D eigenvalue weighted by molar-refractivity contribution is 7.91. The molecule has 2 aromatic carbocycles. The standard InChI is InChI=1S/C24H28N2O7S/c1-32-21-9-6-17(7-10-21)22-14-19(26(28)29)8-11-23(22)33-15-24(27)25(18-4-2-3-5-18)20-12-13-34(30,31)16-20/h6-11,14,18,20H,2-5,12-13,15-16H2,1H3/t20-/m1/s1. The Bertz CT molecular complexity index is 1160. The van der Waals surface area contributed by atoms with Crippen molar-refractivity contribution in [3.05, 3.63) is 52.6 Å². The number of sulfone groups is 1. The Balaban J connectivity index is 1.57. The number of hydrogen-bond donors (Lipinski definition) is 0. The van der Waals surface area contributed by atoms with E-state index in [9.17, 15) is 23.3 Å². The van der Waals surface area contributed by atoms with Gasteiger partial charge < -0.3 is 14.4 Å². The highest BCUT2D eigenvalue weighted by atomic mass is 32.2. The second-order valence-corrected chi connectivity index (χ2v) is 11.0. The van der Waals surface area contributed by atoms with Gasteiger partial charge in [0.1, 0.15) is 11.5 Å². The van der Waals surface area contributed by atoms with Crippen LogP contribution in [-0.4, -0.2) is 61.5 Å². The maximum Gasteiger partial charge on any atom is 0.270 e. The van der Waals surface area contributed by atoms with Crippen LogP contribution < -0.4 is 9.47 Å². The summed E-state index contributed by atoms with van der Waals surface area (Å²) in [4.78, 5) is 25.9. The minimum absolute atomic E-state index is 0.0100. The summed E-state index contributed by atoms with van der Waals surface area (Å²) in [6.07, 6.45) is 4.19. The lowest BCUT2D eigenvalue weighted by Gasteiger charge is -2.34. The summed E-state index contributed by atoms with van der Waals surface area (Å²) in [5.74, 6) is 0.816. The maximum atomic E-state index is 13.3. The number of methoxy groups -OCH3 is 1. The highest BCUT2D eigenvalue weighted by Crippen LogP contribution is 2.35. The fourth-order valence-corrected chi connectivity index (χ4v) is 6.56. The number of carbonyl (C=O) groups excluding carboxylic acids is 1. The van der Waals surface area contributed by atoms with E-state index in [4.69, 9.17) is 9.47 Å². The van der Waals surface area contributed by atoms with Crippen molar-refractivity contribution in [3.63, 3.8) is 0 Å². The number of carbonyl (C=O) groups is 1. The zero-order valence-corrected chi connectivity index (χ0v) is 19.8. The van der Waals surface area contributed by atoms with Crippen LogP contribution in [-0.2, 0) is 14.6 Å². The Labute approximate surface area is 198 Å². The van der Waals surface area contributed by atoms with Gasteiger partial charge in [-0.3, -0.25) is 14.9 Å². The van der Waals surface area contributed by atoms with Gasteiger partial charge in [0.15, 0.2) is 16.4 Å². The Morgan fingerprint density at radius 2 is 1.79 bits per heavy atom. The number of amides is 1. The van der Waals surface area contributed by atoms with E-state index in [0.717, 1.165) is 25.7 Å². The molecule has 2 aromatic rings. The summed E-state index contributed by atoms with van der Waals surface area (Å²) in [5, 5.41) is 11.3. The Hall–Kier alpha value is -3.14. The van der Waals surface area contributed by atoms with Gasteiger partial charge in [0, 0.05) is 29.8 Å². The van der Waals surface area contributed by atoms with E-state index >= 15 is 0 Å². The molecule has 1 aliphatic heterocycles. The van der Waals surface area contributed by atoms with Gasteiger partial charge in [-0.15, -0.1) is 0 Å². The zero-order chi connectivity index (χ0) is 24.3. The lowest BCUT2D eigenvalue weighted by Crippen LogP contribution is -2.48. The SMILES string of the molecule is COc1ccc(-c2cc([N+](=O)[O-])ccc2OCC(=O)N(C2CCCC2)[C@@H]2CCS(=O)(=O)C2)cc1. The molecule has 0 radical (unpaired) electrons. The van der Waals surface area contributed by atoms with Crippen LogP contribution in [0.15, 0.2) is 42.5 Å². The van der Waals surface area contributed by atoms with E-state index in [-0.39, 0.29) is 41.8 Å². The van der Waals surface area contributed by atoms with Crippen molar-refractivity contribution in [2.45, 2.75) is 44.2 Å². The first kappa shape index (κ1) is 24.0. The highest BCUT2D eigenvalue weighted by Gasteiger charge is 2.39. The molecular weight excluding hydrogens is 460 g/mol. The molecule has 2 aliphatic rings. The number of nitro groups is 1. The molecule has 1 heterocycles. The van der Waals surface area contributed by atoms with Crippen molar-refractivity contribution in [2.24, 2.45) is 0 Å². The number of nitro benzene ring substituents is 1. The molecule has 1 amide bonds. The molecule has 0 N–H and O–H groups in total. The molecule has 1 saturated heterocycles. The molecule has 0 aromatic heterocycles. The van der Waals surface area contributed by atoms with Gasteiger partial charge in [-0.25, -0.2) is 8.42 Å². The van der Waals surface area contributed by atoms with Crippen LogP contribution in [0.3, 0.4) is 0 Å². The third-order valence-electron chi connectivity index (χ3n) is 6.53. The maximum absolute atomic E-state index is 13.3. The van der Waals surface area contributed by atoms with Gasteiger partial charge in [0.05, 0.1) is 23.5 Å². The van der Waals surface area contributed by atoms with Crippen molar-refractivity contribution < 1.29 is 27.6 Å². The molecule has 0 bridgehead atoms. The fraction of sp³-hybridized carbons (Fsp3) is 0.458. The summed E-state index contributed by atoms with van der Waals surface area (Å²) in [5.41, 5.74) is 1.08. The molecule has 0 unspecified atom stereocenters. The number of benzene rings is 2. The monoisotopic (exact) mass is 488 g/mol. The second kappa shape index (κ2) is 10.0. The summed E-state index contributed by atoms with van der Waals surface area (Å²) in [7, 11) is -1.59. The third-order valence-corrected chi connectivity index (χ3v) is 8.28. The van der Waals surface area contributed by atoms with E-state index < -0.39 is 14.8 Å². The van der Waals surface area contributed by atoms with Gasteiger partial charge in [0.25, 0.3) is 11.6 Å². The number of non-ortho nitro benzene ring substituents is 1. The summed E-state index contributed by atoms with van der Waals surface area (Å²) in [6.45, 7) is -0.270. The van der Waals surface area contributed by atoms with Crippen LogP contribution >= 0.6 is 0 Å². The first-order chi connectivity index (χ1) is 16.3. The fourth-order valence-electron chi connectivity index (χ4n) is 4.85. The molecule has 4 rings (SSSR count). The van der Waals surface area contributed by atoms with E-state index in [1.54, 1.807) is 36.3 Å². The van der Waals surface area contributed by atoms with Crippen molar-refractivity contribution in [3.8, 4) is 22.6 Å². The second-order valence-electron chi connectivity index (χ2n) is 8.75. The molecular formula is C24H28N2O7S. The predicted molar refractivity (Wildman–Crippen MR) is 127 cm³/mol. The predicted octanol–water partition coefficient (Wildman–Crippen LogP) is 3.61. The smallest absolute Gasteiger partial charge is 0.270 e. The van der Waals surface area contributed by atoms with Gasteiger partial charge in [0.2, 0.25) is 0 Å². The number of nitrogens with zero attached hydrogens (tertiary/aromatic N) is 2. The lowest BCUT2D eigenvalue weighted by molar-refractivity contribution is -0.384. The first-order valence-corrected chi connectivity index (χ1v) is 13.2. The van der Waals surface area contributed by atoms with Crippen LogP contribution in [0.4, 0.5) is 5.69 Å². The molecule has 1 aliphatic carbocycles. The van der Waals surface area contributed by atoms with Crippen LogP contribution in [0.2, 0.25) is 0 Å². The van der Waals surface area contributed by atoms with Gasteiger partial charge >= 0.3 is 0 Å². The largest absolute Gasteiger partial charge is 0.497 e. The molecule has 0 spiro atoms. The third kappa shape index (κ3) is 5.32. The molecule has 10 heteroatoms. The quantitative estimate of drug-likeness (QED) is 0.412. The minimum Gasteiger partial charge on any atom is -0.497 e. The van der Waals surface area contributed by atoms with Crippen molar-refractivity contribution in [2.75, 3.05) is 25.2 Å². The Morgan fingerprint density at radius 1 is 1.09 bits per heavy atom.